The number of rotatable bonds is 8. The maximum Gasteiger partial charge on any atom is 0.331 e. The van der Waals surface area contributed by atoms with Crippen molar-refractivity contribution in [3.63, 3.8) is 0 Å². The van der Waals surface area contributed by atoms with E-state index in [0.717, 1.165) is 41.1 Å². The molecule has 4 amide bonds. The number of carbonyl (C=O) groups excluding carboxylic acids is 3. The van der Waals surface area contributed by atoms with Crippen molar-refractivity contribution in [3.8, 4) is 5.88 Å². The van der Waals surface area contributed by atoms with Crippen LogP contribution >= 0.6 is 0 Å². The first-order valence-electron chi connectivity index (χ1n) is 13.7. The van der Waals surface area contributed by atoms with Gasteiger partial charge in [0.15, 0.2) is 5.65 Å². The van der Waals surface area contributed by atoms with Crippen LogP contribution in [0.2, 0.25) is 0 Å². The molecular formula is C29H27FN8O4. The van der Waals surface area contributed by atoms with Gasteiger partial charge >= 0.3 is 6.03 Å². The third kappa shape index (κ3) is 4.91. The fourth-order valence-electron chi connectivity index (χ4n) is 5.24. The second-order valence-electron chi connectivity index (χ2n) is 11.0. The molecule has 7 rings (SSSR count). The first-order chi connectivity index (χ1) is 20.2. The average molecular weight is 571 g/mol. The SMILES string of the molecule is Cc1ccnc(C2CC2C(=O)Nc2cc(F)cc(OCc3cn4cc(C5CC5)cc(N5CC(=O)N(C)C5=O)c4n3)n2)n1. The van der Waals surface area contributed by atoms with Crippen molar-refractivity contribution in [1.82, 2.24) is 29.2 Å². The van der Waals surface area contributed by atoms with Crippen molar-refractivity contribution < 1.29 is 23.5 Å². The lowest BCUT2D eigenvalue weighted by Crippen LogP contribution is -2.30. The van der Waals surface area contributed by atoms with Crippen molar-refractivity contribution in [3.05, 3.63) is 71.4 Å². The highest BCUT2D eigenvalue weighted by Gasteiger charge is 2.46. The smallest absolute Gasteiger partial charge is 0.331 e. The number of imidazole rings is 1. The van der Waals surface area contributed by atoms with Crippen molar-refractivity contribution >= 4 is 35.0 Å². The third-order valence-electron chi connectivity index (χ3n) is 7.79. The Morgan fingerprint density at radius 3 is 2.71 bits per heavy atom. The largest absolute Gasteiger partial charge is 0.471 e. The van der Waals surface area contributed by atoms with E-state index in [9.17, 15) is 18.8 Å². The molecule has 4 aromatic rings. The minimum atomic E-state index is -0.614. The molecule has 2 atom stereocenters. The van der Waals surface area contributed by atoms with Gasteiger partial charge in [-0.25, -0.2) is 24.1 Å². The van der Waals surface area contributed by atoms with Gasteiger partial charge in [0.1, 0.15) is 30.6 Å². The summed E-state index contributed by atoms with van der Waals surface area (Å²) in [5.74, 6) is -0.524. The summed E-state index contributed by atoms with van der Waals surface area (Å²) >= 11 is 0. The van der Waals surface area contributed by atoms with Gasteiger partial charge in [-0.05, 0) is 49.8 Å². The molecule has 13 heteroatoms. The number of hydrogen-bond acceptors (Lipinski definition) is 8. The Morgan fingerprint density at radius 2 is 1.98 bits per heavy atom. The summed E-state index contributed by atoms with van der Waals surface area (Å²) in [4.78, 5) is 57.9. The zero-order valence-corrected chi connectivity index (χ0v) is 23.0. The minimum absolute atomic E-state index is 0.0162. The number of urea groups is 1. The molecule has 3 aliphatic rings. The van der Waals surface area contributed by atoms with E-state index in [1.807, 2.05) is 23.6 Å². The highest BCUT2D eigenvalue weighted by molar-refractivity contribution is 6.13. The van der Waals surface area contributed by atoms with Crippen LogP contribution in [0, 0.1) is 18.7 Å². The first-order valence-corrected chi connectivity index (χ1v) is 13.7. The number of aryl methyl sites for hydroxylation is 1. The van der Waals surface area contributed by atoms with Gasteiger partial charge in [-0.1, -0.05) is 0 Å². The van der Waals surface area contributed by atoms with E-state index in [1.54, 1.807) is 18.5 Å². The van der Waals surface area contributed by atoms with Gasteiger partial charge in [0.2, 0.25) is 17.7 Å². The second-order valence-corrected chi connectivity index (χ2v) is 11.0. The first kappa shape index (κ1) is 26.0. The fraction of sp³-hybridized carbons (Fsp3) is 0.345. The molecule has 0 bridgehead atoms. The number of imide groups is 1. The number of amides is 4. The molecule has 2 saturated carbocycles. The van der Waals surface area contributed by atoms with Gasteiger partial charge in [0, 0.05) is 55.3 Å². The summed E-state index contributed by atoms with van der Waals surface area (Å²) in [6, 6.07) is 5.58. The van der Waals surface area contributed by atoms with Crippen LogP contribution in [0.1, 0.15) is 53.9 Å². The number of ether oxygens (including phenoxy) is 1. The Hall–Kier alpha value is -4.94. The maximum absolute atomic E-state index is 14.4. The summed E-state index contributed by atoms with van der Waals surface area (Å²) < 4.78 is 22.0. The highest BCUT2D eigenvalue weighted by atomic mass is 19.1. The predicted molar refractivity (Wildman–Crippen MR) is 147 cm³/mol. The van der Waals surface area contributed by atoms with Crippen LogP contribution in [0.5, 0.6) is 5.88 Å². The summed E-state index contributed by atoms with van der Waals surface area (Å²) in [6.45, 7) is 1.78. The number of nitrogens with zero attached hydrogens (tertiary/aromatic N) is 7. The van der Waals surface area contributed by atoms with E-state index < -0.39 is 11.8 Å². The van der Waals surface area contributed by atoms with Crippen molar-refractivity contribution in [2.75, 3.05) is 23.8 Å². The Balaban J connectivity index is 1.07. The molecule has 12 nitrogen and oxygen atoms in total. The molecule has 1 aliphatic heterocycles. The minimum Gasteiger partial charge on any atom is -0.471 e. The molecule has 0 aromatic carbocycles. The Bertz CT molecular complexity index is 1770. The predicted octanol–water partition coefficient (Wildman–Crippen LogP) is 3.56. The molecule has 4 aromatic heterocycles. The van der Waals surface area contributed by atoms with Crippen molar-refractivity contribution in [1.29, 1.82) is 0 Å². The van der Waals surface area contributed by atoms with E-state index in [1.165, 1.54) is 11.9 Å². The number of anilines is 2. The number of fused-ring (bicyclic) bond motifs is 1. The van der Waals surface area contributed by atoms with Crippen LogP contribution < -0.4 is 15.0 Å². The number of likely N-dealkylation sites (N-methyl/N-ethyl adjacent to an activating group) is 1. The maximum atomic E-state index is 14.4. The molecular weight excluding hydrogens is 543 g/mol. The van der Waals surface area contributed by atoms with Crippen LogP contribution in [0.15, 0.2) is 42.9 Å². The Labute approximate surface area is 239 Å². The van der Waals surface area contributed by atoms with Crippen LogP contribution in [0.3, 0.4) is 0 Å². The zero-order valence-electron chi connectivity index (χ0n) is 23.0. The molecule has 0 spiro atoms. The topological polar surface area (TPSA) is 135 Å². The fourth-order valence-corrected chi connectivity index (χ4v) is 5.24. The summed E-state index contributed by atoms with van der Waals surface area (Å²) in [5.41, 5.74) is 3.47. The molecule has 5 heterocycles. The Morgan fingerprint density at radius 1 is 1.14 bits per heavy atom. The number of pyridine rings is 2. The molecule has 1 N–H and O–H groups in total. The molecule has 2 unspecified atom stereocenters. The summed E-state index contributed by atoms with van der Waals surface area (Å²) in [7, 11) is 1.46. The lowest BCUT2D eigenvalue weighted by Gasteiger charge is -2.17. The quantitative estimate of drug-likeness (QED) is 0.318. The van der Waals surface area contributed by atoms with Crippen molar-refractivity contribution in [2.24, 2.45) is 5.92 Å². The zero-order chi connectivity index (χ0) is 29.1. The van der Waals surface area contributed by atoms with E-state index in [0.29, 0.717) is 35.2 Å². The number of nitrogens with one attached hydrogen (secondary N) is 1. The molecule has 42 heavy (non-hydrogen) atoms. The third-order valence-corrected chi connectivity index (χ3v) is 7.79. The number of aromatic nitrogens is 5. The van der Waals surface area contributed by atoms with Gasteiger partial charge in [-0.15, -0.1) is 0 Å². The molecule has 1 saturated heterocycles. The van der Waals surface area contributed by atoms with Crippen LogP contribution in [-0.2, 0) is 16.2 Å². The number of halogens is 1. The monoisotopic (exact) mass is 570 g/mol. The number of hydrogen-bond donors (Lipinski definition) is 1. The highest BCUT2D eigenvalue weighted by Crippen LogP contribution is 2.46. The second kappa shape index (κ2) is 9.86. The van der Waals surface area contributed by atoms with Gasteiger partial charge in [0.25, 0.3) is 0 Å². The number of carbonyl (C=O) groups is 3. The standard InChI is InChI=1S/C29H27FN8O4/c1-15-5-6-31-26(32-15)20-10-21(20)28(40)35-23-8-18(30)9-24(34-23)42-14-19-12-37-11-17(16-3-4-16)7-22(27(37)33-19)38-13-25(39)36(2)29(38)41/h5-9,11-12,16,20-21H,3-4,10,13-14H2,1-2H3,(H,34,35,40). The molecule has 2 aliphatic carbocycles. The van der Waals surface area contributed by atoms with Gasteiger partial charge in [0.05, 0.1) is 11.4 Å². The van der Waals surface area contributed by atoms with Crippen molar-refractivity contribution in [2.45, 2.75) is 44.6 Å². The van der Waals surface area contributed by atoms with E-state index in [4.69, 9.17) is 4.74 Å². The molecule has 3 fully saturated rings. The lowest BCUT2D eigenvalue weighted by atomic mass is 10.1. The normalized spacial score (nSPS) is 20.0. The van der Waals surface area contributed by atoms with Crippen LogP contribution in [0.4, 0.5) is 20.7 Å². The van der Waals surface area contributed by atoms with E-state index >= 15 is 0 Å². The lowest BCUT2D eigenvalue weighted by molar-refractivity contribution is -0.124. The molecule has 0 radical (unpaired) electrons. The van der Waals surface area contributed by atoms with E-state index in [2.05, 4.69) is 25.3 Å². The summed E-state index contributed by atoms with van der Waals surface area (Å²) in [6.07, 6.45) is 8.16. The van der Waals surface area contributed by atoms with Gasteiger partial charge < -0.3 is 14.5 Å². The van der Waals surface area contributed by atoms with Gasteiger partial charge in [-0.3, -0.25) is 19.4 Å². The molecule has 214 valence electrons. The van der Waals surface area contributed by atoms with Crippen LogP contribution in [0.25, 0.3) is 5.65 Å². The summed E-state index contributed by atoms with van der Waals surface area (Å²) in [5, 5.41) is 2.68. The van der Waals surface area contributed by atoms with Crippen LogP contribution in [-0.4, -0.2) is 60.7 Å². The van der Waals surface area contributed by atoms with E-state index in [-0.39, 0.29) is 48.5 Å². The Kier molecular flexibility index (Phi) is 6.10. The van der Waals surface area contributed by atoms with Gasteiger partial charge in [-0.2, -0.15) is 4.98 Å². The average Bonchev–Trinajstić information content (AvgIpc) is 3.88.